The van der Waals surface area contributed by atoms with Crippen LogP contribution in [0.4, 0.5) is 0 Å². The molecule has 1 atom stereocenters. The van der Waals surface area contributed by atoms with Crippen molar-refractivity contribution in [3.8, 4) is 11.5 Å². The molecule has 0 heterocycles. The van der Waals surface area contributed by atoms with E-state index in [0.717, 1.165) is 17.9 Å². The molecule has 0 spiro atoms. The number of hydrogen-bond acceptors (Lipinski definition) is 4. The lowest BCUT2D eigenvalue weighted by Gasteiger charge is -2.34. The maximum Gasteiger partial charge on any atom is 0.161 e. The Hall–Kier alpha value is -1.26. The summed E-state index contributed by atoms with van der Waals surface area (Å²) in [5.41, 5.74) is 6.97. The molecule has 0 saturated carbocycles. The first-order valence-corrected chi connectivity index (χ1v) is 6.59. The summed E-state index contributed by atoms with van der Waals surface area (Å²) in [5.74, 6) is 1.50. The van der Waals surface area contributed by atoms with Gasteiger partial charge in [0.15, 0.2) is 11.5 Å². The van der Waals surface area contributed by atoms with Crippen molar-refractivity contribution in [3.63, 3.8) is 0 Å². The zero-order chi connectivity index (χ0) is 14.5. The van der Waals surface area contributed by atoms with Gasteiger partial charge < -0.3 is 20.5 Å². The highest BCUT2D eigenvalue weighted by Gasteiger charge is 2.29. The van der Waals surface area contributed by atoms with Crippen LogP contribution in [0.1, 0.15) is 31.9 Å². The van der Waals surface area contributed by atoms with Gasteiger partial charge in [-0.3, -0.25) is 0 Å². The fraction of sp³-hybridized carbons (Fsp3) is 0.600. The second-order valence-corrected chi connectivity index (χ2v) is 5.36. The van der Waals surface area contributed by atoms with E-state index >= 15 is 0 Å². The van der Waals surface area contributed by atoms with Crippen LogP contribution >= 0.6 is 0 Å². The number of hydrogen-bond donors (Lipinski definition) is 2. The van der Waals surface area contributed by atoms with E-state index < -0.39 is 0 Å². The molecule has 3 N–H and O–H groups in total. The number of rotatable bonds is 7. The molecule has 0 amide bonds. The fourth-order valence-corrected chi connectivity index (χ4v) is 2.56. The second kappa shape index (κ2) is 6.78. The summed E-state index contributed by atoms with van der Waals surface area (Å²) in [7, 11) is 5.27. The Bertz CT molecular complexity index is 405. The molecule has 0 fully saturated rings. The van der Waals surface area contributed by atoms with E-state index in [2.05, 4.69) is 25.2 Å². The second-order valence-electron chi connectivity index (χ2n) is 5.36. The molecular weight excluding hydrogens is 240 g/mol. The zero-order valence-electron chi connectivity index (χ0n) is 12.6. The van der Waals surface area contributed by atoms with E-state index in [1.807, 2.05) is 19.2 Å². The smallest absolute Gasteiger partial charge is 0.161 e. The molecule has 0 aliphatic rings. The van der Waals surface area contributed by atoms with Crippen LogP contribution in [0.5, 0.6) is 11.5 Å². The quantitative estimate of drug-likeness (QED) is 0.795. The number of nitrogens with two attached hydrogens (primary N) is 1. The maximum absolute atomic E-state index is 5.71. The van der Waals surface area contributed by atoms with E-state index in [1.54, 1.807) is 14.2 Å². The minimum atomic E-state index is 0.0725. The van der Waals surface area contributed by atoms with Crippen molar-refractivity contribution < 1.29 is 9.47 Å². The molecule has 0 aliphatic carbocycles. The first-order chi connectivity index (χ1) is 9.00. The van der Waals surface area contributed by atoms with Crippen molar-refractivity contribution in [2.45, 2.75) is 26.3 Å². The van der Waals surface area contributed by atoms with Crippen LogP contribution < -0.4 is 20.5 Å². The van der Waals surface area contributed by atoms with Gasteiger partial charge in [-0.15, -0.1) is 0 Å². The van der Waals surface area contributed by atoms with Gasteiger partial charge in [0, 0.05) is 6.04 Å². The average Bonchev–Trinajstić information content (AvgIpc) is 2.38. The molecule has 4 heteroatoms. The lowest BCUT2D eigenvalue weighted by Crippen LogP contribution is -2.33. The van der Waals surface area contributed by atoms with Gasteiger partial charge in [0.05, 0.1) is 14.2 Å². The topological polar surface area (TPSA) is 56.5 Å². The van der Waals surface area contributed by atoms with Gasteiger partial charge in [-0.05, 0) is 43.1 Å². The fourth-order valence-electron chi connectivity index (χ4n) is 2.56. The number of benzene rings is 1. The van der Waals surface area contributed by atoms with Crippen LogP contribution in [0.15, 0.2) is 18.2 Å². The van der Waals surface area contributed by atoms with Crippen molar-refractivity contribution in [3.05, 3.63) is 23.8 Å². The highest BCUT2D eigenvalue weighted by molar-refractivity contribution is 5.44. The predicted molar refractivity (Wildman–Crippen MR) is 78.8 cm³/mol. The summed E-state index contributed by atoms with van der Waals surface area (Å²) in [5, 5.41) is 3.38. The Balaban J connectivity index is 3.12. The maximum atomic E-state index is 5.71. The Labute approximate surface area is 116 Å². The van der Waals surface area contributed by atoms with Crippen LogP contribution in [0, 0.1) is 5.41 Å². The normalized spacial score (nSPS) is 13.2. The summed E-state index contributed by atoms with van der Waals surface area (Å²) in [6.07, 6.45) is 0.951. The molecular formula is C15H26N2O2. The van der Waals surface area contributed by atoms with Gasteiger partial charge in [0.25, 0.3) is 0 Å². The third-order valence-corrected chi connectivity index (χ3v) is 3.60. The molecule has 108 valence electrons. The minimum absolute atomic E-state index is 0.0725. The van der Waals surface area contributed by atoms with Crippen molar-refractivity contribution in [2.75, 3.05) is 27.8 Å². The van der Waals surface area contributed by atoms with E-state index in [-0.39, 0.29) is 11.5 Å². The third kappa shape index (κ3) is 3.61. The third-order valence-electron chi connectivity index (χ3n) is 3.60. The van der Waals surface area contributed by atoms with E-state index in [1.165, 1.54) is 5.56 Å². The molecule has 19 heavy (non-hydrogen) atoms. The standard InChI is InChI=1S/C15H26N2O2/c1-15(2,8-9-16)14(17-3)11-6-7-12(18-4)13(10-11)19-5/h6-7,10,14,17H,8-9,16H2,1-5H3. The molecule has 1 rings (SSSR count). The van der Waals surface area contributed by atoms with Crippen molar-refractivity contribution >= 4 is 0 Å². The molecule has 0 saturated heterocycles. The molecule has 0 aromatic heterocycles. The van der Waals surface area contributed by atoms with E-state index in [9.17, 15) is 0 Å². The summed E-state index contributed by atoms with van der Waals surface area (Å²) >= 11 is 0. The molecule has 4 nitrogen and oxygen atoms in total. The Morgan fingerprint density at radius 1 is 1.21 bits per heavy atom. The molecule has 0 radical (unpaired) electrons. The van der Waals surface area contributed by atoms with Gasteiger partial charge >= 0.3 is 0 Å². The summed E-state index contributed by atoms with van der Waals surface area (Å²) < 4.78 is 10.6. The first-order valence-electron chi connectivity index (χ1n) is 6.59. The SMILES string of the molecule is CNC(c1ccc(OC)c(OC)c1)C(C)(C)CCN. The van der Waals surface area contributed by atoms with Crippen LogP contribution in [0.2, 0.25) is 0 Å². The number of ether oxygens (including phenoxy) is 2. The minimum Gasteiger partial charge on any atom is -0.493 e. The first kappa shape index (κ1) is 15.8. The van der Waals surface area contributed by atoms with E-state index in [0.29, 0.717) is 6.54 Å². The molecule has 1 aromatic rings. The Morgan fingerprint density at radius 2 is 1.84 bits per heavy atom. The van der Waals surface area contributed by atoms with Gasteiger partial charge in [-0.1, -0.05) is 19.9 Å². The van der Waals surface area contributed by atoms with Gasteiger partial charge in [0.1, 0.15) is 0 Å². The van der Waals surface area contributed by atoms with Gasteiger partial charge in [0.2, 0.25) is 0 Å². The Morgan fingerprint density at radius 3 is 2.32 bits per heavy atom. The summed E-state index contributed by atoms with van der Waals surface area (Å²) in [4.78, 5) is 0. The molecule has 1 unspecified atom stereocenters. The lowest BCUT2D eigenvalue weighted by molar-refractivity contribution is 0.238. The summed E-state index contributed by atoms with van der Waals surface area (Å²) in [6, 6.07) is 6.26. The monoisotopic (exact) mass is 266 g/mol. The average molecular weight is 266 g/mol. The van der Waals surface area contributed by atoms with Crippen molar-refractivity contribution in [1.29, 1.82) is 0 Å². The largest absolute Gasteiger partial charge is 0.493 e. The highest BCUT2D eigenvalue weighted by atomic mass is 16.5. The van der Waals surface area contributed by atoms with E-state index in [4.69, 9.17) is 15.2 Å². The van der Waals surface area contributed by atoms with Crippen LogP contribution in [-0.4, -0.2) is 27.8 Å². The predicted octanol–water partition coefficient (Wildman–Crippen LogP) is 2.34. The zero-order valence-corrected chi connectivity index (χ0v) is 12.6. The molecule has 0 aliphatic heterocycles. The molecule has 1 aromatic carbocycles. The Kier molecular flexibility index (Phi) is 5.63. The van der Waals surface area contributed by atoms with Crippen molar-refractivity contribution in [2.24, 2.45) is 11.1 Å². The van der Waals surface area contributed by atoms with Gasteiger partial charge in [-0.2, -0.15) is 0 Å². The number of methoxy groups -OCH3 is 2. The number of nitrogens with one attached hydrogen (secondary N) is 1. The van der Waals surface area contributed by atoms with Crippen LogP contribution in [0.3, 0.4) is 0 Å². The van der Waals surface area contributed by atoms with Crippen LogP contribution in [0.25, 0.3) is 0 Å². The van der Waals surface area contributed by atoms with Gasteiger partial charge in [-0.25, -0.2) is 0 Å². The highest BCUT2D eigenvalue weighted by Crippen LogP contribution is 2.39. The van der Waals surface area contributed by atoms with Crippen molar-refractivity contribution in [1.82, 2.24) is 5.32 Å². The lowest BCUT2D eigenvalue weighted by atomic mass is 9.78. The summed E-state index contributed by atoms with van der Waals surface area (Å²) in [6.45, 7) is 5.12. The van der Waals surface area contributed by atoms with Crippen LogP contribution in [-0.2, 0) is 0 Å². The molecule has 0 bridgehead atoms.